The Morgan fingerprint density at radius 2 is 2.12 bits per heavy atom. The topological polar surface area (TPSA) is 58.1 Å². The Kier molecular flexibility index (Phi) is 5.50. The minimum absolute atomic E-state index is 0.00402. The fraction of sp³-hybridized carbons (Fsp3) is 0.727. The smallest absolute Gasteiger partial charge is 0.243 e. The van der Waals surface area contributed by atoms with E-state index < -0.39 is 0 Å². The van der Waals surface area contributed by atoms with Crippen molar-refractivity contribution in [2.24, 2.45) is 0 Å². The molecule has 1 aromatic heterocycles. The molecule has 0 fully saturated rings. The minimum Gasteiger partial charge on any atom is -0.299 e. The van der Waals surface area contributed by atoms with E-state index in [1.165, 1.54) is 11.3 Å². The van der Waals surface area contributed by atoms with Gasteiger partial charge in [0.05, 0.1) is 6.04 Å². The third kappa shape index (κ3) is 4.05. The zero-order valence-electron chi connectivity index (χ0n) is 10.9. The molecule has 1 N–H and O–H groups in total. The third-order valence-corrected chi connectivity index (χ3v) is 3.47. The van der Waals surface area contributed by atoms with E-state index in [4.69, 9.17) is 0 Å². The van der Waals surface area contributed by atoms with Gasteiger partial charge >= 0.3 is 0 Å². The highest BCUT2D eigenvalue weighted by molar-refractivity contribution is 7.15. The molecule has 1 atom stereocenters. The molecule has 0 radical (unpaired) electrons. The Labute approximate surface area is 106 Å². The van der Waals surface area contributed by atoms with Crippen LogP contribution in [0.25, 0.3) is 0 Å². The molecule has 17 heavy (non-hydrogen) atoms. The summed E-state index contributed by atoms with van der Waals surface area (Å²) in [6.45, 7) is 4.09. The lowest BCUT2D eigenvalue weighted by Gasteiger charge is -2.21. The largest absolute Gasteiger partial charge is 0.299 e. The van der Waals surface area contributed by atoms with E-state index in [-0.39, 0.29) is 11.9 Å². The molecule has 0 aliphatic rings. The highest BCUT2D eigenvalue weighted by Gasteiger charge is 2.20. The summed E-state index contributed by atoms with van der Waals surface area (Å²) in [6.07, 6.45) is 2.67. The summed E-state index contributed by atoms with van der Waals surface area (Å²) in [5.41, 5.74) is 0. The molecule has 1 unspecified atom stereocenters. The first-order chi connectivity index (χ1) is 8.08. The van der Waals surface area contributed by atoms with E-state index in [9.17, 15) is 4.79 Å². The van der Waals surface area contributed by atoms with Crippen LogP contribution < -0.4 is 5.32 Å². The maximum Gasteiger partial charge on any atom is 0.243 e. The number of anilines is 1. The van der Waals surface area contributed by atoms with Crippen molar-refractivity contribution in [1.82, 2.24) is 15.1 Å². The molecule has 5 nitrogen and oxygen atoms in total. The Balaban J connectivity index is 2.62. The zero-order chi connectivity index (χ0) is 12.8. The molecule has 1 rings (SSSR count). The molecule has 1 amide bonds. The van der Waals surface area contributed by atoms with Crippen LogP contribution >= 0.6 is 11.3 Å². The van der Waals surface area contributed by atoms with Crippen molar-refractivity contribution in [1.29, 1.82) is 0 Å². The summed E-state index contributed by atoms with van der Waals surface area (Å²) in [5.74, 6) is -0.00402. The van der Waals surface area contributed by atoms with Crippen LogP contribution in [0.4, 0.5) is 5.13 Å². The monoisotopic (exact) mass is 256 g/mol. The lowest BCUT2D eigenvalue weighted by molar-refractivity contribution is -0.120. The molecule has 6 heteroatoms. The van der Waals surface area contributed by atoms with Gasteiger partial charge in [0.2, 0.25) is 11.0 Å². The number of aromatic nitrogens is 2. The van der Waals surface area contributed by atoms with Crippen molar-refractivity contribution in [3.63, 3.8) is 0 Å². The van der Waals surface area contributed by atoms with Crippen molar-refractivity contribution in [2.45, 2.75) is 39.2 Å². The molecule has 96 valence electrons. The summed E-state index contributed by atoms with van der Waals surface area (Å²) in [7, 11) is 3.83. The van der Waals surface area contributed by atoms with Gasteiger partial charge in [0.1, 0.15) is 5.01 Å². The Hall–Kier alpha value is -1.01. The first-order valence-electron chi connectivity index (χ1n) is 5.88. The number of hydrogen-bond donors (Lipinski definition) is 1. The SMILES string of the molecule is CCCC(C(=O)Nc1nnc(CC)s1)N(C)C. The number of carbonyl (C=O) groups is 1. The van der Waals surface area contributed by atoms with Crippen LogP contribution in [0, 0.1) is 0 Å². The van der Waals surface area contributed by atoms with Gasteiger partial charge in [-0.25, -0.2) is 0 Å². The Morgan fingerprint density at radius 1 is 1.41 bits per heavy atom. The third-order valence-electron chi connectivity index (χ3n) is 2.49. The maximum atomic E-state index is 12.0. The number of hydrogen-bond acceptors (Lipinski definition) is 5. The van der Waals surface area contributed by atoms with Crippen LogP contribution in [0.2, 0.25) is 0 Å². The second-order valence-electron chi connectivity index (χ2n) is 4.11. The van der Waals surface area contributed by atoms with Crippen LogP contribution in [0.15, 0.2) is 0 Å². The van der Waals surface area contributed by atoms with Crippen LogP contribution in [0.5, 0.6) is 0 Å². The first kappa shape index (κ1) is 14.1. The number of likely N-dealkylation sites (N-methyl/N-ethyl adjacent to an activating group) is 1. The zero-order valence-corrected chi connectivity index (χ0v) is 11.7. The molecule has 0 aliphatic carbocycles. The van der Waals surface area contributed by atoms with E-state index in [0.717, 1.165) is 24.3 Å². The molecule has 0 aliphatic heterocycles. The molecule has 1 heterocycles. The van der Waals surface area contributed by atoms with E-state index in [2.05, 4.69) is 22.4 Å². The summed E-state index contributed by atoms with van der Waals surface area (Å²) < 4.78 is 0. The van der Waals surface area contributed by atoms with Crippen molar-refractivity contribution < 1.29 is 4.79 Å². The van der Waals surface area contributed by atoms with Gasteiger partial charge in [0.15, 0.2) is 0 Å². The van der Waals surface area contributed by atoms with E-state index in [0.29, 0.717) is 5.13 Å². The average molecular weight is 256 g/mol. The highest BCUT2D eigenvalue weighted by Crippen LogP contribution is 2.16. The van der Waals surface area contributed by atoms with Crippen molar-refractivity contribution in [3.05, 3.63) is 5.01 Å². The average Bonchev–Trinajstić information content (AvgIpc) is 2.72. The quantitative estimate of drug-likeness (QED) is 0.842. The van der Waals surface area contributed by atoms with E-state index >= 15 is 0 Å². The van der Waals surface area contributed by atoms with Gasteiger partial charge < -0.3 is 0 Å². The van der Waals surface area contributed by atoms with Crippen LogP contribution in [0.1, 0.15) is 31.7 Å². The predicted octanol–water partition coefficient (Wildman–Crippen LogP) is 1.77. The second kappa shape index (κ2) is 6.66. The normalized spacial score (nSPS) is 12.8. The highest BCUT2D eigenvalue weighted by atomic mass is 32.1. The molecule has 1 aromatic rings. The van der Waals surface area contributed by atoms with Crippen LogP contribution in [0.3, 0.4) is 0 Å². The van der Waals surface area contributed by atoms with Crippen LogP contribution in [-0.4, -0.2) is 41.1 Å². The van der Waals surface area contributed by atoms with Gasteiger partial charge in [0, 0.05) is 0 Å². The number of nitrogens with zero attached hydrogens (tertiary/aromatic N) is 3. The first-order valence-corrected chi connectivity index (χ1v) is 6.69. The molecule has 0 saturated carbocycles. The minimum atomic E-state index is -0.103. The number of aryl methyl sites for hydroxylation is 1. The predicted molar refractivity (Wildman–Crippen MR) is 70.3 cm³/mol. The molecular weight excluding hydrogens is 236 g/mol. The second-order valence-corrected chi connectivity index (χ2v) is 5.17. The lowest BCUT2D eigenvalue weighted by Crippen LogP contribution is -2.39. The van der Waals surface area contributed by atoms with Gasteiger partial charge in [-0.2, -0.15) is 0 Å². The molecular formula is C11H20N4OS. The van der Waals surface area contributed by atoms with E-state index in [1.807, 2.05) is 25.9 Å². The van der Waals surface area contributed by atoms with Crippen molar-refractivity contribution in [3.8, 4) is 0 Å². The number of nitrogens with one attached hydrogen (secondary N) is 1. The fourth-order valence-electron chi connectivity index (χ4n) is 1.53. The Morgan fingerprint density at radius 3 is 2.59 bits per heavy atom. The lowest BCUT2D eigenvalue weighted by atomic mass is 10.1. The standard InChI is InChI=1S/C11H20N4OS/c1-5-7-8(15(3)4)10(16)12-11-14-13-9(6-2)17-11/h8H,5-7H2,1-4H3,(H,12,14,16). The van der Waals surface area contributed by atoms with Gasteiger partial charge in [-0.1, -0.05) is 31.6 Å². The molecule has 0 saturated heterocycles. The molecule has 0 bridgehead atoms. The Bertz CT molecular complexity index is 364. The number of amides is 1. The van der Waals surface area contributed by atoms with Crippen molar-refractivity contribution in [2.75, 3.05) is 19.4 Å². The van der Waals surface area contributed by atoms with Gasteiger partial charge in [-0.05, 0) is 26.9 Å². The number of rotatable bonds is 6. The van der Waals surface area contributed by atoms with E-state index in [1.54, 1.807) is 0 Å². The molecule has 0 aromatic carbocycles. The van der Waals surface area contributed by atoms with Gasteiger partial charge in [-0.15, -0.1) is 10.2 Å². The maximum absolute atomic E-state index is 12.0. The van der Waals surface area contributed by atoms with Crippen LogP contribution in [-0.2, 0) is 11.2 Å². The van der Waals surface area contributed by atoms with Gasteiger partial charge in [0.25, 0.3) is 0 Å². The number of carbonyl (C=O) groups excluding carboxylic acids is 1. The summed E-state index contributed by atoms with van der Waals surface area (Å²) in [5, 5.41) is 12.3. The summed E-state index contributed by atoms with van der Waals surface area (Å²) >= 11 is 1.44. The van der Waals surface area contributed by atoms with Gasteiger partial charge in [-0.3, -0.25) is 15.0 Å². The summed E-state index contributed by atoms with van der Waals surface area (Å²) in [6, 6.07) is -0.103. The van der Waals surface area contributed by atoms with Crippen molar-refractivity contribution >= 4 is 22.4 Å². The molecule has 0 spiro atoms. The summed E-state index contributed by atoms with van der Waals surface area (Å²) in [4.78, 5) is 14.0. The fourth-order valence-corrected chi connectivity index (χ4v) is 2.22.